The molecule has 1 N–H and O–H groups in total. The summed E-state index contributed by atoms with van der Waals surface area (Å²) in [4.78, 5) is 18.0. The number of aromatic amines is 1. The third-order valence-electron chi connectivity index (χ3n) is 2.45. The van der Waals surface area contributed by atoms with Crippen LogP contribution in [0.15, 0.2) is 11.2 Å². The number of H-pyrrole nitrogens is 1. The van der Waals surface area contributed by atoms with E-state index < -0.39 is 16.0 Å². The molecular formula is C11H19N3O5S. The number of aryl methyl sites for hydroxylation is 1. The van der Waals surface area contributed by atoms with Gasteiger partial charge in [-0.2, -0.15) is 4.31 Å². The maximum Gasteiger partial charge on any atom is 0.321 e. The summed E-state index contributed by atoms with van der Waals surface area (Å²) < 4.78 is 35.4. The molecule has 0 radical (unpaired) electrons. The van der Waals surface area contributed by atoms with Crippen LogP contribution in [0.3, 0.4) is 0 Å². The van der Waals surface area contributed by atoms with Crippen molar-refractivity contribution in [2.24, 2.45) is 0 Å². The number of sulfonamides is 1. The second-order valence-corrected chi connectivity index (χ2v) is 5.88. The van der Waals surface area contributed by atoms with Crippen LogP contribution in [-0.4, -0.2) is 62.1 Å². The minimum Gasteiger partial charge on any atom is -0.465 e. The number of carbonyl (C=O) groups is 1. The third kappa shape index (κ3) is 4.29. The van der Waals surface area contributed by atoms with Crippen molar-refractivity contribution in [1.82, 2.24) is 14.3 Å². The lowest BCUT2D eigenvalue weighted by molar-refractivity contribution is -0.143. The Bertz CT molecular complexity index is 540. The average molecular weight is 305 g/mol. The Hall–Kier alpha value is -1.45. The fraction of sp³-hybridized carbons (Fsp3) is 0.636. The number of nitrogens with zero attached hydrogens (tertiary/aromatic N) is 2. The van der Waals surface area contributed by atoms with E-state index in [1.165, 1.54) is 13.3 Å². The molecule has 0 bridgehead atoms. The van der Waals surface area contributed by atoms with Gasteiger partial charge in [-0.15, -0.1) is 0 Å². The highest BCUT2D eigenvalue weighted by molar-refractivity contribution is 7.89. The first-order valence-corrected chi connectivity index (χ1v) is 7.52. The van der Waals surface area contributed by atoms with E-state index in [-0.39, 0.29) is 31.3 Å². The van der Waals surface area contributed by atoms with Gasteiger partial charge >= 0.3 is 5.97 Å². The number of hydrogen-bond acceptors (Lipinski definition) is 6. The van der Waals surface area contributed by atoms with E-state index in [0.717, 1.165) is 4.31 Å². The summed E-state index contributed by atoms with van der Waals surface area (Å²) in [5.41, 5.74) is 0. The summed E-state index contributed by atoms with van der Waals surface area (Å²) in [6, 6.07) is 0. The highest BCUT2D eigenvalue weighted by Crippen LogP contribution is 2.13. The zero-order chi connectivity index (χ0) is 15.2. The Morgan fingerprint density at radius 3 is 2.70 bits per heavy atom. The van der Waals surface area contributed by atoms with Gasteiger partial charge in [0.15, 0.2) is 5.03 Å². The molecule has 1 rings (SSSR count). The van der Waals surface area contributed by atoms with Crippen molar-refractivity contribution < 1.29 is 22.7 Å². The summed E-state index contributed by atoms with van der Waals surface area (Å²) in [5, 5.41) is -0.0598. The maximum atomic E-state index is 12.4. The number of esters is 1. The van der Waals surface area contributed by atoms with E-state index in [1.807, 2.05) is 0 Å². The van der Waals surface area contributed by atoms with Gasteiger partial charge in [-0.05, 0) is 13.8 Å². The second kappa shape index (κ2) is 7.36. The van der Waals surface area contributed by atoms with Gasteiger partial charge in [-0.3, -0.25) is 4.79 Å². The molecule has 0 spiro atoms. The van der Waals surface area contributed by atoms with E-state index in [4.69, 9.17) is 9.47 Å². The molecule has 0 atom stereocenters. The lowest BCUT2D eigenvalue weighted by atomic mass is 10.6. The van der Waals surface area contributed by atoms with Crippen LogP contribution in [0.2, 0.25) is 0 Å². The van der Waals surface area contributed by atoms with E-state index in [1.54, 1.807) is 13.8 Å². The molecule has 1 heterocycles. The van der Waals surface area contributed by atoms with Gasteiger partial charge in [0.05, 0.1) is 19.4 Å². The van der Waals surface area contributed by atoms with Gasteiger partial charge < -0.3 is 14.5 Å². The first-order valence-electron chi connectivity index (χ1n) is 6.08. The number of aromatic nitrogens is 2. The van der Waals surface area contributed by atoms with Crippen LogP contribution in [0.1, 0.15) is 12.7 Å². The molecule has 1 aromatic rings. The van der Waals surface area contributed by atoms with Crippen LogP contribution >= 0.6 is 0 Å². The zero-order valence-corrected chi connectivity index (χ0v) is 12.6. The Labute approximate surface area is 118 Å². The van der Waals surface area contributed by atoms with Crippen LogP contribution in [0.4, 0.5) is 0 Å². The first kappa shape index (κ1) is 16.6. The molecule has 0 aliphatic heterocycles. The number of hydrogen-bond donors (Lipinski definition) is 1. The topological polar surface area (TPSA) is 102 Å². The summed E-state index contributed by atoms with van der Waals surface area (Å²) in [5.74, 6) is -0.130. The van der Waals surface area contributed by atoms with Crippen molar-refractivity contribution in [2.75, 3.05) is 33.4 Å². The predicted molar refractivity (Wildman–Crippen MR) is 70.6 cm³/mol. The zero-order valence-electron chi connectivity index (χ0n) is 11.7. The normalized spacial score (nSPS) is 11.8. The molecule has 8 nitrogen and oxygen atoms in total. The van der Waals surface area contributed by atoms with Crippen molar-refractivity contribution in [3.05, 3.63) is 12.0 Å². The number of nitrogens with one attached hydrogen (secondary N) is 1. The van der Waals surface area contributed by atoms with Crippen molar-refractivity contribution >= 4 is 16.0 Å². The Kier molecular flexibility index (Phi) is 6.11. The highest BCUT2D eigenvalue weighted by atomic mass is 32.2. The summed E-state index contributed by atoms with van der Waals surface area (Å²) in [6.07, 6.45) is 1.22. The SMILES string of the molecule is CCOC(=O)CN(CCOC)S(=O)(=O)c1cnc(C)[nH]1. The number of methoxy groups -OCH3 is 1. The predicted octanol–water partition coefficient (Wildman–Crippen LogP) is -0.0817. The van der Waals surface area contributed by atoms with Gasteiger partial charge in [0.1, 0.15) is 12.4 Å². The molecule has 0 aliphatic rings. The lowest BCUT2D eigenvalue weighted by Gasteiger charge is -2.19. The molecule has 9 heteroatoms. The van der Waals surface area contributed by atoms with Gasteiger partial charge in [0, 0.05) is 13.7 Å². The lowest BCUT2D eigenvalue weighted by Crippen LogP contribution is -2.38. The number of ether oxygens (including phenoxy) is 2. The van der Waals surface area contributed by atoms with E-state index in [2.05, 4.69) is 9.97 Å². The van der Waals surface area contributed by atoms with Gasteiger partial charge in [0.25, 0.3) is 10.0 Å². The van der Waals surface area contributed by atoms with Crippen LogP contribution in [0.25, 0.3) is 0 Å². The van der Waals surface area contributed by atoms with Crippen LogP contribution in [-0.2, 0) is 24.3 Å². The highest BCUT2D eigenvalue weighted by Gasteiger charge is 2.28. The molecular weight excluding hydrogens is 286 g/mol. The third-order valence-corrected chi connectivity index (χ3v) is 4.21. The fourth-order valence-corrected chi connectivity index (χ4v) is 2.83. The molecule has 0 unspecified atom stereocenters. The quantitative estimate of drug-likeness (QED) is 0.674. The largest absolute Gasteiger partial charge is 0.465 e. The Morgan fingerprint density at radius 2 is 2.20 bits per heavy atom. The maximum absolute atomic E-state index is 12.4. The van der Waals surface area contributed by atoms with Crippen molar-refractivity contribution in [1.29, 1.82) is 0 Å². The Balaban J connectivity index is 2.93. The van der Waals surface area contributed by atoms with Crippen molar-refractivity contribution in [2.45, 2.75) is 18.9 Å². The number of carbonyl (C=O) groups excluding carboxylic acids is 1. The molecule has 1 aromatic heterocycles. The molecule has 0 amide bonds. The molecule has 0 fully saturated rings. The summed E-state index contributed by atoms with van der Waals surface area (Å²) in [7, 11) is -2.38. The van der Waals surface area contributed by atoms with Crippen molar-refractivity contribution in [3.63, 3.8) is 0 Å². The number of imidazole rings is 1. The average Bonchev–Trinajstić information content (AvgIpc) is 2.82. The number of rotatable bonds is 8. The summed E-state index contributed by atoms with van der Waals surface area (Å²) in [6.45, 7) is 3.35. The van der Waals surface area contributed by atoms with Crippen LogP contribution < -0.4 is 0 Å². The second-order valence-electron chi connectivity index (χ2n) is 3.97. The molecule has 20 heavy (non-hydrogen) atoms. The van der Waals surface area contributed by atoms with Crippen LogP contribution in [0.5, 0.6) is 0 Å². The van der Waals surface area contributed by atoms with Crippen LogP contribution in [0, 0.1) is 6.92 Å². The van der Waals surface area contributed by atoms with E-state index >= 15 is 0 Å². The molecule has 0 aromatic carbocycles. The van der Waals surface area contributed by atoms with Gasteiger partial charge in [-0.1, -0.05) is 0 Å². The molecule has 0 saturated carbocycles. The van der Waals surface area contributed by atoms with Crippen molar-refractivity contribution in [3.8, 4) is 0 Å². The molecule has 0 saturated heterocycles. The molecule has 0 aliphatic carbocycles. The summed E-state index contributed by atoms with van der Waals surface area (Å²) >= 11 is 0. The van der Waals surface area contributed by atoms with Gasteiger partial charge in [0.2, 0.25) is 0 Å². The fourth-order valence-electron chi connectivity index (χ4n) is 1.50. The smallest absolute Gasteiger partial charge is 0.321 e. The minimum absolute atomic E-state index is 0.0513. The monoisotopic (exact) mass is 305 g/mol. The van der Waals surface area contributed by atoms with Gasteiger partial charge in [-0.25, -0.2) is 13.4 Å². The van der Waals surface area contributed by atoms with E-state index in [9.17, 15) is 13.2 Å². The Morgan fingerprint density at radius 1 is 1.50 bits per heavy atom. The molecule has 114 valence electrons. The first-order chi connectivity index (χ1) is 9.41. The standard InChI is InChI=1S/C11H19N3O5S/c1-4-19-11(15)8-14(5-6-18-3)20(16,17)10-7-12-9(2)13-10/h7H,4-6,8H2,1-3H3,(H,12,13). The van der Waals surface area contributed by atoms with E-state index in [0.29, 0.717) is 5.82 Å². The minimum atomic E-state index is -3.83.